The van der Waals surface area contributed by atoms with Crippen LogP contribution in [0, 0.1) is 12.3 Å². The third-order valence-electron chi connectivity index (χ3n) is 2.87. The normalized spacial score (nSPS) is 11.9. The SMILES string of the molecule is Cc1nc2cc(CC(C)(C)CC(=O)O)ccc2o1. The van der Waals surface area contributed by atoms with Crippen LogP contribution in [0.3, 0.4) is 0 Å². The molecule has 1 aromatic heterocycles. The van der Waals surface area contributed by atoms with Crippen LogP contribution in [0.15, 0.2) is 22.6 Å². The lowest BCUT2D eigenvalue weighted by atomic mass is 9.83. The zero-order valence-corrected chi connectivity index (χ0v) is 10.9. The Kier molecular flexibility index (Phi) is 3.11. The van der Waals surface area contributed by atoms with E-state index in [1.54, 1.807) is 0 Å². The number of benzene rings is 1. The molecule has 0 aliphatic carbocycles. The maximum atomic E-state index is 10.8. The predicted octanol–water partition coefficient (Wildman–Crippen LogP) is 3.18. The van der Waals surface area contributed by atoms with Crippen molar-refractivity contribution >= 4 is 17.1 Å². The van der Waals surface area contributed by atoms with Crippen LogP contribution in [0.4, 0.5) is 0 Å². The maximum Gasteiger partial charge on any atom is 0.303 e. The van der Waals surface area contributed by atoms with E-state index < -0.39 is 5.97 Å². The molecule has 0 amide bonds. The number of carboxylic acids is 1. The second kappa shape index (κ2) is 4.44. The van der Waals surface area contributed by atoms with Crippen molar-refractivity contribution in [2.45, 2.75) is 33.6 Å². The smallest absolute Gasteiger partial charge is 0.303 e. The number of aliphatic carboxylic acids is 1. The van der Waals surface area contributed by atoms with E-state index in [4.69, 9.17) is 9.52 Å². The molecule has 0 saturated heterocycles. The topological polar surface area (TPSA) is 63.3 Å². The van der Waals surface area contributed by atoms with Crippen molar-refractivity contribution in [1.29, 1.82) is 0 Å². The first-order valence-electron chi connectivity index (χ1n) is 5.94. The number of aromatic nitrogens is 1. The first kappa shape index (κ1) is 12.6. The van der Waals surface area contributed by atoms with Crippen molar-refractivity contribution in [2.75, 3.05) is 0 Å². The Labute approximate surface area is 106 Å². The Morgan fingerprint density at radius 2 is 2.17 bits per heavy atom. The molecule has 0 aliphatic heterocycles. The molecule has 0 unspecified atom stereocenters. The van der Waals surface area contributed by atoms with Gasteiger partial charge in [-0.2, -0.15) is 0 Å². The van der Waals surface area contributed by atoms with Gasteiger partial charge in [0.2, 0.25) is 0 Å². The third-order valence-corrected chi connectivity index (χ3v) is 2.87. The molecule has 0 spiro atoms. The van der Waals surface area contributed by atoms with E-state index in [9.17, 15) is 4.79 Å². The zero-order valence-electron chi connectivity index (χ0n) is 10.9. The average molecular weight is 247 g/mol. The van der Waals surface area contributed by atoms with Crippen LogP contribution in [-0.4, -0.2) is 16.1 Å². The van der Waals surface area contributed by atoms with Gasteiger partial charge in [0.05, 0.1) is 6.42 Å². The summed E-state index contributed by atoms with van der Waals surface area (Å²) >= 11 is 0. The van der Waals surface area contributed by atoms with Gasteiger partial charge >= 0.3 is 5.97 Å². The second-order valence-corrected chi connectivity index (χ2v) is 5.45. The fraction of sp³-hybridized carbons (Fsp3) is 0.429. The van der Waals surface area contributed by atoms with Gasteiger partial charge in [-0.05, 0) is 29.5 Å². The maximum absolute atomic E-state index is 10.8. The van der Waals surface area contributed by atoms with Gasteiger partial charge in [0.1, 0.15) is 5.52 Å². The lowest BCUT2D eigenvalue weighted by molar-refractivity contribution is -0.139. The van der Waals surface area contributed by atoms with Gasteiger partial charge in [0.25, 0.3) is 0 Å². The molecule has 0 aliphatic rings. The molecule has 4 heteroatoms. The molecule has 1 N–H and O–H groups in total. The largest absolute Gasteiger partial charge is 0.481 e. The molecule has 4 nitrogen and oxygen atoms in total. The van der Waals surface area contributed by atoms with Gasteiger partial charge < -0.3 is 9.52 Å². The van der Waals surface area contributed by atoms with Crippen molar-refractivity contribution < 1.29 is 14.3 Å². The van der Waals surface area contributed by atoms with E-state index in [1.165, 1.54) is 0 Å². The highest BCUT2D eigenvalue weighted by molar-refractivity contribution is 5.73. The Bertz CT molecular complexity index is 584. The molecular formula is C14H17NO3. The standard InChI is InChI=1S/C14H17NO3/c1-9-15-11-6-10(4-5-12(11)18-9)7-14(2,3)8-13(16)17/h4-6H,7-8H2,1-3H3,(H,16,17). The number of hydrogen-bond donors (Lipinski definition) is 1. The number of aryl methyl sites for hydroxylation is 1. The summed E-state index contributed by atoms with van der Waals surface area (Å²) < 4.78 is 5.41. The summed E-state index contributed by atoms with van der Waals surface area (Å²) in [6.45, 7) is 5.73. The van der Waals surface area contributed by atoms with Crippen molar-refractivity contribution in [3.63, 3.8) is 0 Å². The molecule has 96 valence electrons. The summed E-state index contributed by atoms with van der Waals surface area (Å²) in [7, 11) is 0. The van der Waals surface area contributed by atoms with Crippen LogP contribution in [0.2, 0.25) is 0 Å². The predicted molar refractivity (Wildman–Crippen MR) is 68.5 cm³/mol. The summed E-state index contributed by atoms with van der Waals surface area (Å²) in [5.41, 5.74) is 2.42. The minimum atomic E-state index is -0.765. The van der Waals surface area contributed by atoms with Crippen LogP contribution in [-0.2, 0) is 11.2 Å². The van der Waals surface area contributed by atoms with E-state index in [-0.39, 0.29) is 11.8 Å². The van der Waals surface area contributed by atoms with Gasteiger partial charge in [-0.3, -0.25) is 4.79 Å². The number of carboxylic acid groups (broad SMARTS) is 1. The fourth-order valence-corrected chi connectivity index (χ4v) is 2.22. The molecule has 0 saturated carbocycles. The highest BCUT2D eigenvalue weighted by Crippen LogP contribution is 2.27. The minimum Gasteiger partial charge on any atom is -0.481 e. The second-order valence-electron chi connectivity index (χ2n) is 5.45. The number of nitrogens with zero attached hydrogens (tertiary/aromatic N) is 1. The summed E-state index contributed by atoms with van der Waals surface area (Å²) in [4.78, 5) is 15.1. The Morgan fingerprint density at radius 1 is 1.44 bits per heavy atom. The number of rotatable bonds is 4. The van der Waals surface area contributed by atoms with Gasteiger partial charge in [-0.15, -0.1) is 0 Å². The molecule has 0 atom stereocenters. The molecule has 0 bridgehead atoms. The number of carbonyl (C=O) groups is 1. The lowest BCUT2D eigenvalue weighted by Gasteiger charge is -2.22. The fourth-order valence-electron chi connectivity index (χ4n) is 2.22. The van der Waals surface area contributed by atoms with Crippen molar-refractivity contribution in [3.05, 3.63) is 29.7 Å². The van der Waals surface area contributed by atoms with E-state index in [0.717, 1.165) is 16.7 Å². The van der Waals surface area contributed by atoms with E-state index in [2.05, 4.69) is 4.98 Å². The van der Waals surface area contributed by atoms with E-state index in [0.29, 0.717) is 12.3 Å². The van der Waals surface area contributed by atoms with Crippen LogP contribution < -0.4 is 0 Å². The Morgan fingerprint density at radius 3 is 2.83 bits per heavy atom. The first-order chi connectivity index (χ1) is 8.35. The summed E-state index contributed by atoms with van der Waals surface area (Å²) in [6.07, 6.45) is 0.865. The van der Waals surface area contributed by atoms with Gasteiger partial charge in [0.15, 0.2) is 11.5 Å². The first-order valence-corrected chi connectivity index (χ1v) is 5.94. The molecule has 18 heavy (non-hydrogen) atoms. The van der Waals surface area contributed by atoms with Crippen molar-refractivity contribution in [3.8, 4) is 0 Å². The summed E-state index contributed by atoms with van der Waals surface area (Å²) in [5.74, 6) is -0.120. The summed E-state index contributed by atoms with van der Waals surface area (Å²) in [5, 5.41) is 8.87. The lowest BCUT2D eigenvalue weighted by Crippen LogP contribution is -2.19. The zero-order chi connectivity index (χ0) is 13.3. The van der Waals surface area contributed by atoms with Gasteiger partial charge in [0, 0.05) is 6.92 Å². The molecule has 0 radical (unpaired) electrons. The Hall–Kier alpha value is -1.84. The third kappa shape index (κ3) is 2.88. The van der Waals surface area contributed by atoms with Crippen molar-refractivity contribution in [1.82, 2.24) is 4.98 Å². The minimum absolute atomic E-state index is 0.156. The molecule has 1 heterocycles. The van der Waals surface area contributed by atoms with Crippen LogP contribution in [0.25, 0.3) is 11.1 Å². The monoisotopic (exact) mass is 247 g/mol. The van der Waals surface area contributed by atoms with Crippen LogP contribution >= 0.6 is 0 Å². The summed E-state index contributed by atoms with van der Waals surface area (Å²) in [6, 6.07) is 5.83. The van der Waals surface area contributed by atoms with E-state index >= 15 is 0 Å². The molecular weight excluding hydrogens is 230 g/mol. The van der Waals surface area contributed by atoms with Gasteiger partial charge in [-0.1, -0.05) is 19.9 Å². The molecule has 2 aromatic rings. The number of oxazole rings is 1. The van der Waals surface area contributed by atoms with Crippen LogP contribution in [0.5, 0.6) is 0 Å². The Balaban J connectivity index is 2.23. The van der Waals surface area contributed by atoms with Crippen molar-refractivity contribution in [2.24, 2.45) is 5.41 Å². The molecule has 2 rings (SSSR count). The van der Waals surface area contributed by atoms with Crippen LogP contribution in [0.1, 0.15) is 31.7 Å². The molecule has 1 aromatic carbocycles. The highest BCUT2D eigenvalue weighted by Gasteiger charge is 2.22. The molecule has 0 fully saturated rings. The number of fused-ring (bicyclic) bond motifs is 1. The quantitative estimate of drug-likeness (QED) is 0.901. The van der Waals surface area contributed by atoms with E-state index in [1.807, 2.05) is 39.0 Å². The van der Waals surface area contributed by atoms with Gasteiger partial charge in [-0.25, -0.2) is 4.98 Å². The number of hydrogen-bond acceptors (Lipinski definition) is 3. The highest BCUT2D eigenvalue weighted by atomic mass is 16.4. The average Bonchev–Trinajstić information content (AvgIpc) is 2.54.